The molecule has 0 saturated heterocycles. The summed E-state index contributed by atoms with van der Waals surface area (Å²) in [6.45, 7) is 17.8. The molecule has 3 aromatic rings. The smallest absolute Gasteiger partial charge is 0.141 e. The lowest BCUT2D eigenvalue weighted by molar-refractivity contribution is 0.320. The van der Waals surface area contributed by atoms with Crippen molar-refractivity contribution in [3.8, 4) is 11.4 Å². The Kier molecular flexibility index (Phi) is 6.67. The molecule has 0 amide bonds. The number of nitrogens with zero attached hydrogens (tertiary/aromatic N) is 3. The van der Waals surface area contributed by atoms with Crippen molar-refractivity contribution >= 4 is 17.1 Å². The van der Waals surface area contributed by atoms with Gasteiger partial charge in [-0.05, 0) is 31.2 Å². The highest BCUT2D eigenvalue weighted by Gasteiger charge is 2.27. The Balaban J connectivity index is 0.00000124. The average molecular weight is 405 g/mol. The molecular formula is C24H32N6. The number of rotatable bonds is 6. The van der Waals surface area contributed by atoms with Gasteiger partial charge >= 0.3 is 0 Å². The largest absolute Gasteiger partial charge is 0.399 e. The molecule has 0 saturated carbocycles. The van der Waals surface area contributed by atoms with Crippen LogP contribution in [-0.4, -0.2) is 32.5 Å². The summed E-state index contributed by atoms with van der Waals surface area (Å²) < 4.78 is 2.28. The molecule has 30 heavy (non-hydrogen) atoms. The van der Waals surface area contributed by atoms with Gasteiger partial charge < -0.3 is 25.5 Å². The maximum absolute atomic E-state index is 6.01. The second-order valence-electron chi connectivity index (χ2n) is 6.97. The zero-order valence-electron chi connectivity index (χ0n) is 18.2. The Morgan fingerprint density at radius 3 is 2.67 bits per heavy atom. The van der Waals surface area contributed by atoms with Crippen molar-refractivity contribution in [2.24, 2.45) is 0 Å². The van der Waals surface area contributed by atoms with Gasteiger partial charge in [0.15, 0.2) is 0 Å². The van der Waals surface area contributed by atoms with Crippen molar-refractivity contribution in [3.63, 3.8) is 0 Å². The maximum atomic E-state index is 6.01. The van der Waals surface area contributed by atoms with Crippen LogP contribution in [0.5, 0.6) is 0 Å². The first-order chi connectivity index (χ1) is 14.6. The molecule has 1 aromatic carbocycles. The molecule has 0 spiro atoms. The summed E-state index contributed by atoms with van der Waals surface area (Å²) in [4.78, 5) is 10.5. The minimum absolute atomic E-state index is 0.729. The number of aromatic amines is 1. The van der Waals surface area contributed by atoms with Crippen LogP contribution < -0.4 is 11.1 Å². The third-order valence-corrected chi connectivity index (χ3v) is 5.12. The highest BCUT2D eigenvalue weighted by Crippen LogP contribution is 2.32. The van der Waals surface area contributed by atoms with E-state index in [1.54, 1.807) is 0 Å². The van der Waals surface area contributed by atoms with E-state index in [0.29, 0.717) is 0 Å². The van der Waals surface area contributed by atoms with Crippen LogP contribution in [0.25, 0.3) is 22.8 Å². The summed E-state index contributed by atoms with van der Waals surface area (Å²) in [6, 6.07) is 11.9. The van der Waals surface area contributed by atoms with Crippen LogP contribution >= 0.6 is 0 Å². The summed E-state index contributed by atoms with van der Waals surface area (Å²) >= 11 is 0. The van der Waals surface area contributed by atoms with Gasteiger partial charge in [-0.15, -0.1) is 0 Å². The molecule has 158 valence electrons. The Morgan fingerprint density at radius 2 is 2.00 bits per heavy atom. The zero-order valence-corrected chi connectivity index (χ0v) is 18.2. The summed E-state index contributed by atoms with van der Waals surface area (Å²) in [5.41, 5.74) is 12.7. The van der Waals surface area contributed by atoms with Crippen molar-refractivity contribution in [1.82, 2.24) is 24.8 Å². The third kappa shape index (κ3) is 4.13. The number of aromatic nitrogens is 3. The number of imidazole rings is 1. The van der Waals surface area contributed by atoms with Gasteiger partial charge in [-0.25, -0.2) is 4.98 Å². The van der Waals surface area contributed by atoms with Gasteiger partial charge in [0.25, 0.3) is 0 Å². The van der Waals surface area contributed by atoms with Gasteiger partial charge in [0, 0.05) is 37.1 Å². The Morgan fingerprint density at radius 1 is 1.20 bits per heavy atom. The van der Waals surface area contributed by atoms with Crippen LogP contribution in [0, 0.1) is 0 Å². The molecule has 1 aliphatic heterocycles. The van der Waals surface area contributed by atoms with Crippen molar-refractivity contribution in [2.75, 3.05) is 18.8 Å². The average Bonchev–Trinajstić information content (AvgIpc) is 3.43. The van der Waals surface area contributed by atoms with Crippen LogP contribution in [0.15, 0.2) is 55.8 Å². The molecule has 3 heterocycles. The van der Waals surface area contributed by atoms with Crippen LogP contribution in [0.1, 0.15) is 37.9 Å². The van der Waals surface area contributed by atoms with Gasteiger partial charge in [-0.1, -0.05) is 39.1 Å². The molecular weight excluding hydrogens is 372 g/mol. The molecule has 0 atom stereocenters. The van der Waals surface area contributed by atoms with Gasteiger partial charge in [-0.2, -0.15) is 0 Å². The Bertz CT molecular complexity index is 1010. The van der Waals surface area contributed by atoms with Crippen LogP contribution in [0.2, 0.25) is 0 Å². The van der Waals surface area contributed by atoms with E-state index in [-0.39, 0.29) is 0 Å². The fraction of sp³-hybridized carbons (Fsp3) is 0.292. The monoisotopic (exact) mass is 404 g/mol. The number of benzene rings is 1. The second-order valence-corrected chi connectivity index (χ2v) is 6.97. The van der Waals surface area contributed by atoms with E-state index in [4.69, 9.17) is 10.7 Å². The highest BCUT2D eigenvalue weighted by atomic mass is 15.2. The van der Waals surface area contributed by atoms with Gasteiger partial charge in [0.2, 0.25) is 0 Å². The van der Waals surface area contributed by atoms with E-state index in [9.17, 15) is 0 Å². The predicted octanol–water partition coefficient (Wildman–Crippen LogP) is 4.55. The molecule has 2 aromatic heterocycles. The van der Waals surface area contributed by atoms with Crippen LogP contribution in [-0.2, 0) is 13.1 Å². The molecule has 4 rings (SSSR count). The van der Waals surface area contributed by atoms with E-state index in [0.717, 1.165) is 71.7 Å². The van der Waals surface area contributed by atoms with E-state index < -0.39 is 0 Å². The fourth-order valence-corrected chi connectivity index (χ4v) is 3.72. The second kappa shape index (κ2) is 9.39. The number of anilines is 1. The van der Waals surface area contributed by atoms with Crippen LogP contribution in [0.3, 0.4) is 0 Å². The number of fused-ring (bicyclic) bond motifs is 1. The van der Waals surface area contributed by atoms with E-state index >= 15 is 0 Å². The van der Waals surface area contributed by atoms with Crippen molar-refractivity contribution in [1.29, 1.82) is 0 Å². The molecule has 6 heteroatoms. The molecule has 0 fully saturated rings. The first-order valence-electron chi connectivity index (χ1n) is 10.5. The number of nitrogens with two attached hydrogens (primary N) is 1. The molecule has 6 nitrogen and oxygen atoms in total. The minimum atomic E-state index is 0.729. The fourth-order valence-electron chi connectivity index (χ4n) is 3.72. The van der Waals surface area contributed by atoms with Crippen molar-refractivity contribution in [2.45, 2.75) is 33.9 Å². The summed E-state index contributed by atoms with van der Waals surface area (Å²) in [7, 11) is 0. The highest BCUT2D eigenvalue weighted by molar-refractivity contribution is 5.69. The third-order valence-electron chi connectivity index (χ3n) is 5.12. The number of H-pyrrole nitrogens is 1. The van der Waals surface area contributed by atoms with Gasteiger partial charge in [0.05, 0.1) is 29.3 Å². The first kappa shape index (κ1) is 21.3. The van der Waals surface area contributed by atoms with Crippen LogP contribution in [0.4, 0.5) is 5.69 Å². The topological polar surface area (TPSA) is 74.9 Å². The lowest BCUT2D eigenvalue weighted by Crippen LogP contribution is -2.33. The Labute approximate surface area is 179 Å². The maximum Gasteiger partial charge on any atom is 0.141 e. The Hall–Kier alpha value is -3.41. The summed E-state index contributed by atoms with van der Waals surface area (Å²) in [6.07, 6.45) is 1.92. The first-order valence-corrected chi connectivity index (χ1v) is 10.5. The standard InChI is InChI=1S/C22H26N6.C2H6/c1-4-24-15(2)21-20-14-27(16(3)19-9-6-10-25-19)11-12-28(20)22(26-21)17-7-5-8-18(23)13-17;1-2/h5-10,13,24-25H,2-4,11-12,14,23H2,1H3;1-2H3. The zero-order chi connectivity index (χ0) is 21.7. The molecule has 1 aliphatic rings. The van der Waals surface area contributed by atoms with Crippen molar-refractivity contribution in [3.05, 3.63) is 72.8 Å². The number of hydrogen-bond donors (Lipinski definition) is 3. The molecule has 0 unspecified atom stereocenters. The number of hydrogen-bond acceptors (Lipinski definition) is 4. The molecule has 0 radical (unpaired) electrons. The van der Waals surface area contributed by atoms with Crippen molar-refractivity contribution < 1.29 is 0 Å². The lowest BCUT2D eigenvalue weighted by Gasteiger charge is -2.32. The number of nitrogens with one attached hydrogen (secondary N) is 2. The minimum Gasteiger partial charge on any atom is -0.399 e. The molecule has 4 N–H and O–H groups in total. The number of nitrogen functional groups attached to an aromatic ring is 1. The summed E-state index contributed by atoms with van der Waals surface area (Å²) in [5, 5.41) is 3.32. The SMILES string of the molecule is C=C(NCC)c1nc(-c2cccc(N)c2)n2c1CN(C(=C)c1ccc[nH]1)CC2.CC. The van der Waals surface area contributed by atoms with E-state index in [2.05, 4.69) is 45.9 Å². The molecule has 0 bridgehead atoms. The summed E-state index contributed by atoms with van der Waals surface area (Å²) in [5.74, 6) is 0.932. The normalized spacial score (nSPS) is 12.6. The quantitative estimate of drug-likeness (QED) is 0.527. The van der Waals surface area contributed by atoms with Gasteiger partial charge in [-0.3, -0.25) is 0 Å². The molecule has 0 aliphatic carbocycles. The lowest BCUT2D eigenvalue weighted by atomic mass is 10.1. The van der Waals surface area contributed by atoms with Gasteiger partial charge in [0.1, 0.15) is 11.5 Å². The predicted molar refractivity (Wildman–Crippen MR) is 126 cm³/mol. The van der Waals surface area contributed by atoms with E-state index in [1.165, 1.54) is 0 Å². The van der Waals surface area contributed by atoms with E-state index in [1.807, 2.05) is 50.4 Å².